The predicted molar refractivity (Wildman–Crippen MR) is 201 cm³/mol. The fraction of sp³-hybridized carbons (Fsp3) is 0.629. The van der Waals surface area contributed by atoms with Gasteiger partial charge in [0.1, 0.15) is 24.0 Å². The smallest absolute Gasteiger partial charge is 0.243 e. The summed E-state index contributed by atoms with van der Waals surface area (Å²) in [5.41, 5.74) is 17.6. The van der Waals surface area contributed by atoms with Crippen molar-refractivity contribution in [2.24, 2.45) is 23.1 Å². The van der Waals surface area contributed by atoms with Gasteiger partial charge in [-0.1, -0.05) is 83.6 Å². The molecule has 0 bridgehead atoms. The maximum Gasteiger partial charge on any atom is 0.243 e. The highest BCUT2D eigenvalue weighted by molar-refractivity contribution is 5.95. The van der Waals surface area contributed by atoms with Gasteiger partial charge >= 0.3 is 0 Å². The first-order valence-corrected chi connectivity index (χ1v) is 18.0. The van der Waals surface area contributed by atoms with Crippen LogP contribution in [0.25, 0.3) is 0 Å². The Hall–Kier alpha value is -4.89. The Morgan fingerprint density at radius 1 is 0.647 bits per heavy atom. The lowest BCUT2D eigenvalue weighted by molar-refractivity contribution is -0.134. The molecule has 1 rings (SSSR count). The number of hydrogen-bond acceptors (Lipinski definition) is 7. The van der Waals surface area contributed by atoms with Crippen LogP contribution in [-0.2, 0) is 25.7 Å². The van der Waals surface area contributed by atoms with Crippen LogP contribution < -0.4 is 49.1 Å². The summed E-state index contributed by atoms with van der Waals surface area (Å²) < 4.78 is 0. The van der Waals surface area contributed by atoms with Crippen LogP contribution in [0.2, 0.25) is 0 Å². The first kappa shape index (κ1) is 44.1. The van der Waals surface area contributed by atoms with E-state index < -0.39 is 35.8 Å². The minimum Gasteiger partial charge on any atom is -0.384 e. The third-order valence-corrected chi connectivity index (χ3v) is 8.24. The molecule has 0 aliphatic carbocycles. The summed E-state index contributed by atoms with van der Waals surface area (Å²) in [4.78, 5) is 53.4. The van der Waals surface area contributed by atoms with Crippen molar-refractivity contribution in [2.45, 2.75) is 122 Å². The van der Waals surface area contributed by atoms with Crippen LogP contribution in [0.1, 0.15) is 109 Å². The van der Waals surface area contributed by atoms with Gasteiger partial charge in [-0.2, -0.15) is 0 Å². The maximum absolute atomic E-state index is 13.7. The van der Waals surface area contributed by atoms with Crippen molar-refractivity contribution >= 4 is 41.4 Å². The average molecular weight is 715 g/mol. The quantitative estimate of drug-likeness (QED) is 0.0374. The molecule has 0 aromatic heterocycles. The van der Waals surface area contributed by atoms with Gasteiger partial charge in [0, 0.05) is 31.6 Å². The molecular formula is C35H62N12O4. The number of amidine groups is 1. The molecule has 0 aliphatic heterocycles. The van der Waals surface area contributed by atoms with Crippen molar-refractivity contribution in [3.05, 3.63) is 35.4 Å². The second-order valence-electron chi connectivity index (χ2n) is 13.1. The van der Waals surface area contributed by atoms with E-state index in [2.05, 4.69) is 38.8 Å². The van der Waals surface area contributed by atoms with E-state index in [1.54, 1.807) is 38.1 Å². The number of guanidine groups is 2. The molecule has 0 radical (unpaired) electrons. The SMILES string of the molecule is CCCCCCCCCC(=O)N[C@@H](CCCNC(=N)N)C(=O)NC(C(=O)N[C@@H](CCCNC(=N)N)C(=O)NCc1ccc(C(=N)N)cc1)C(C)C. The van der Waals surface area contributed by atoms with Crippen LogP contribution >= 0.6 is 0 Å². The number of hydrogen-bond donors (Lipinski definition) is 12. The molecule has 0 heterocycles. The van der Waals surface area contributed by atoms with Gasteiger partial charge in [0.05, 0.1) is 0 Å². The van der Waals surface area contributed by atoms with Gasteiger partial charge in [-0.15, -0.1) is 0 Å². The Bertz CT molecular complexity index is 1270. The third-order valence-electron chi connectivity index (χ3n) is 8.24. The topological polar surface area (TPSA) is 290 Å². The molecule has 4 amide bonds. The van der Waals surface area contributed by atoms with Gasteiger partial charge in [-0.25, -0.2) is 0 Å². The molecule has 0 spiro atoms. The summed E-state index contributed by atoms with van der Waals surface area (Å²) in [5, 5.41) is 38.9. The molecule has 0 fully saturated rings. The molecule has 1 aromatic carbocycles. The zero-order valence-electron chi connectivity index (χ0n) is 30.6. The average Bonchev–Trinajstić information content (AvgIpc) is 3.07. The van der Waals surface area contributed by atoms with Gasteiger partial charge in [-0.3, -0.25) is 35.4 Å². The number of amides is 4. The summed E-state index contributed by atoms with van der Waals surface area (Å²) in [6, 6.07) is 3.94. The van der Waals surface area contributed by atoms with Crippen molar-refractivity contribution in [3.8, 4) is 0 Å². The minimum atomic E-state index is -1.01. The van der Waals surface area contributed by atoms with Crippen LogP contribution in [0, 0.1) is 22.1 Å². The van der Waals surface area contributed by atoms with E-state index in [1.165, 1.54) is 19.3 Å². The summed E-state index contributed by atoms with van der Waals surface area (Å²) >= 11 is 0. The van der Waals surface area contributed by atoms with E-state index in [0.29, 0.717) is 37.9 Å². The summed E-state index contributed by atoms with van der Waals surface area (Å²) in [7, 11) is 0. The second kappa shape index (κ2) is 25.1. The van der Waals surface area contributed by atoms with Crippen molar-refractivity contribution in [3.63, 3.8) is 0 Å². The summed E-state index contributed by atoms with van der Waals surface area (Å²) in [6.45, 7) is 6.51. The number of benzene rings is 1. The molecule has 16 nitrogen and oxygen atoms in total. The second-order valence-corrected chi connectivity index (χ2v) is 13.1. The van der Waals surface area contributed by atoms with Crippen LogP contribution in [0.15, 0.2) is 24.3 Å². The Morgan fingerprint density at radius 3 is 1.69 bits per heavy atom. The largest absolute Gasteiger partial charge is 0.384 e. The fourth-order valence-electron chi connectivity index (χ4n) is 5.27. The normalized spacial score (nSPS) is 12.5. The Morgan fingerprint density at radius 2 is 1.18 bits per heavy atom. The van der Waals surface area contributed by atoms with Gasteiger partial charge in [0.25, 0.3) is 0 Å². The number of nitrogen functional groups attached to an aromatic ring is 1. The number of carbonyl (C=O) groups is 4. The summed E-state index contributed by atoms with van der Waals surface area (Å²) in [5.74, 6) is -2.61. The minimum absolute atomic E-state index is 0.0680. The number of nitrogens with two attached hydrogens (primary N) is 3. The molecule has 286 valence electrons. The van der Waals surface area contributed by atoms with Crippen LogP contribution in [0.4, 0.5) is 0 Å². The van der Waals surface area contributed by atoms with Gasteiger partial charge in [0.2, 0.25) is 23.6 Å². The van der Waals surface area contributed by atoms with Crippen molar-refractivity contribution < 1.29 is 19.2 Å². The zero-order chi connectivity index (χ0) is 38.2. The number of rotatable bonds is 26. The number of nitrogens with one attached hydrogen (secondary N) is 9. The van der Waals surface area contributed by atoms with Gasteiger partial charge in [-0.05, 0) is 43.6 Å². The van der Waals surface area contributed by atoms with Crippen molar-refractivity contribution in [2.75, 3.05) is 13.1 Å². The zero-order valence-corrected chi connectivity index (χ0v) is 30.6. The Balaban J connectivity index is 2.98. The molecular weight excluding hydrogens is 652 g/mol. The Kier molecular flexibility index (Phi) is 21.7. The first-order valence-electron chi connectivity index (χ1n) is 18.0. The molecule has 1 aromatic rings. The van der Waals surface area contributed by atoms with E-state index >= 15 is 0 Å². The van der Waals surface area contributed by atoms with Gasteiger partial charge < -0.3 is 49.1 Å². The molecule has 3 atom stereocenters. The molecule has 0 aliphatic rings. The maximum atomic E-state index is 13.7. The highest BCUT2D eigenvalue weighted by atomic mass is 16.2. The molecule has 0 saturated heterocycles. The highest BCUT2D eigenvalue weighted by Gasteiger charge is 2.31. The fourth-order valence-corrected chi connectivity index (χ4v) is 5.27. The molecule has 16 heteroatoms. The third kappa shape index (κ3) is 19.8. The predicted octanol–water partition coefficient (Wildman–Crippen LogP) is 1.36. The standard InChI is InChI=1S/C35H62N12O4/c1-4-5-6-7-8-9-10-15-28(48)45-27(14-12-21-43-35(40)41)32(50)47-29(23(2)3)33(51)46-26(13-11-20-42-34(38)39)31(49)44-22-24-16-18-25(19-17-24)30(36)37/h16-19,23,26-27,29H,4-15,20-22H2,1-3H3,(H3,36,37)(H,44,49)(H,45,48)(H,46,51)(H,47,50)(H4,38,39,42)(H4,40,41,43)/t26-,27-,29?/m0/s1. The first-order chi connectivity index (χ1) is 24.2. The number of carbonyl (C=O) groups excluding carboxylic acids is 4. The Labute approximate surface area is 302 Å². The van der Waals surface area contributed by atoms with E-state index in [4.69, 9.17) is 33.4 Å². The number of unbranched alkanes of at least 4 members (excludes halogenated alkanes) is 6. The summed E-state index contributed by atoms with van der Waals surface area (Å²) in [6.07, 6.45) is 8.99. The van der Waals surface area contributed by atoms with E-state index in [9.17, 15) is 19.2 Å². The highest BCUT2D eigenvalue weighted by Crippen LogP contribution is 2.11. The van der Waals surface area contributed by atoms with Crippen LogP contribution in [-0.4, -0.2) is 72.6 Å². The van der Waals surface area contributed by atoms with E-state index in [0.717, 1.165) is 24.8 Å². The molecule has 0 saturated carbocycles. The van der Waals surface area contributed by atoms with Crippen LogP contribution in [0.3, 0.4) is 0 Å². The lowest BCUT2D eigenvalue weighted by Crippen LogP contribution is -2.58. The van der Waals surface area contributed by atoms with Crippen LogP contribution in [0.5, 0.6) is 0 Å². The molecule has 15 N–H and O–H groups in total. The van der Waals surface area contributed by atoms with Crippen molar-refractivity contribution in [1.29, 1.82) is 16.2 Å². The van der Waals surface area contributed by atoms with E-state index in [-0.39, 0.29) is 55.4 Å². The van der Waals surface area contributed by atoms with Gasteiger partial charge in [0.15, 0.2) is 11.9 Å². The van der Waals surface area contributed by atoms with Crippen molar-refractivity contribution in [1.82, 2.24) is 31.9 Å². The van der Waals surface area contributed by atoms with E-state index in [1.807, 2.05) is 0 Å². The molecule has 1 unspecified atom stereocenters. The monoisotopic (exact) mass is 715 g/mol. The lowest BCUT2D eigenvalue weighted by atomic mass is 10.0. The molecule has 51 heavy (non-hydrogen) atoms. The lowest BCUT2D eigenvalue weighted by Gasteiger charge is -2.27.